The zero-order valence-electron chi connectivity index (χ0n) is 9.38. The first kappa shape index (κ1) is 13.6. The van der Waals surface area contributed by atoms with Crippen molar-refractivity contribution in [1.82, 2.24) is 20.2 Å². The minimum Gasteiger partial charge on any atom is -0.329 e. The number of tetrazole rings is 1. The van der Waals surface area contributed by atoms with E-state index in [1.54, 1.807) is 4.68 Å². The summed E-state index contributed by atoms with van der Waals surface area (Å²) in [6, 6.07) is 5.44. The molecule has 0 bridgehead atoms. The topological polar surface area (TPSA) is 69.6 Å². The van der Waals surface area contributed by atoms with Gasteiger partial charge in [-0.3, -0.25) is 0 Å². The SMILES string of the molecule is NCCn1nnnc1SCc1c(Cl)cccc1Cl. The molecule has 0 saturated carbocycles. The molecule has 0 amide bonds. The Balaban J connectivity index is 2.09. The number of nitrogens with zero attached hydrogens (tertiary/aromatic N) is 4. The van der Waals surface area contributed by atoms with Crippen LogP contribution in [0, 0.1) is 0 Å². The van der Waals surface area contributed by atoms with Crippen LogP contribution in [0.5, 0.6) is 0 Å². The summed E-state index contributed by atoms with van der Waals surface area (Å²) in [5.74, 6) is 0.615. The van der Waals surface area contributed by atoms with Crippen molar-refractivity contribution in [2.75, 3.05) is 6.54 Å². The molecule has 18 heavy (non-hydrogen) atoms. The van der Waals surface area contributed by atoms with E-state index in [4.69, 9.17) is 28.9 Å². The molecule has 0 radical (unpaired) electrons. The summed E-state index contributed by atoms with van der Waals surface area (Å²) < 4.78 is 1.66. The van der Waals surface area contributed by atoms with Crippen molar-refractivity contribution in [3.63, 3.8) is 0 Å². The van der Waals surface area contributed by atoms with Gasteiger partial charge in [-0.05, 0) is 28.1 Å². The van der Waals surface area contributed by atoms with E-state index in [9.17, 15) is 0 Å². The van der Waals surface area contributed by atoms with Crippen molar-refractivity contribution >= 4 is 35.0 Å². The Hall–Kier alpha value is -0.820. The number of halogens is 2. The lowest BCUT2D eigenvalue weighted by Gasteiger charge is -2.06. The summed E-state index contributed by atoms with van der Waals surface area (Å²) in [5, 5.41) is 13.4. The molecule has 2 aromatic rings. The standard InChI is InChI=1S/C10H11Cl2N5S/c11-8-2-1-3-9(12)7(8)6-18-10-14-15-16-17(10)5-4-13/h1-3H,4-6,13H2. The minimum absolute atomic E-state index is 0.492. The van der Waals surface area contributed by atoms with Crippen molar-refractivity contribution in [2.45, 2.75) is 17.5 Å². The number of hydrogen-bond donors (Lipinski definition) is 1. The molecule has 2 N–H and O–H groups in total. The number of benzene rings is 1. The monoisotopic (exact) mass is 303 g/mol. The van der Waals surface area contributed by atoms with Crippen molar-refractivity contribution in [3.05, 3.63) is 33.8 Å². The van der Waals surface area contributed by atoms with E-state index in [1.165, 1.54) is 11.8 Å². The maximum Gasteiger partial charge on any atom is 0.209 e. The first-order valence-corrected chi connectivity index (χ1v) is 6.98. The number of thioether (sulfide) groups is 1. The molecular formula is C10H11Cl2N5S. The fourth-order valence-corrected chi connectivity index (χ4v) is 3.01. The molecule has 1 aromatic carbocycles. The van der Waals surface area contributed by atoms with Crippen LogP contribution in [-0.4, -0.2) is 26.8 Å². The van der Waals surface area contributed by atoms with E-state index < -0.39 is 0 Å². The fraction of sp³-hybridized carbons (Fsp3) is 0.300. The molecule has 1 heterocycles. The van der Waals surface area contributed by atoms with E-state index in [2.05, 4.69) is 15.5 Å². The van der Waals surface area contributed by atoms with Gasteiger partial charge in [0.15, 0.2) is 0 Å². The summed E-state index contributed by atoms with van der Waals surface area (Å²) in [4.78, 5) is 0. The quantitative estimate of drug-likeness (QED) is 0.858. The number of nitrogens with two attached hydrogens (primary N) is 1. The fourth-order valence-electron chi connectivity index (χ4n) is 1.37. The lowest BCUT2D eigenvalue weighted by molar-refractivity contribution is 0.557. The Labute approximate surface area is 119 Å². The minimum atomic E-state index is 0.492. The molecule has 0 unspecified atom stereocenters. The highest BCUT2D eigenvalue weighted by Crippen LogP contribution is 2.30. The molecule has 1 aromatic heterocycles. The van der Waals surface area contributed by atoms with E-state index in [1.807, 2.05) is 18.2 Å². The Morgan fingerprint density at radius 3 is 2.67 bits per heavy atom. The summed E-state index contributed by atoms with van der Waals surface area (Å²) in [5.41, 5.74) is 6.36. The van der Waals surface area contributed by atoms with Gasteiger partial charge >= 0.3 is 0 Å². The predicted molar refractivity (Wildman–Crippen MR) is 72.9 cm³/mol. The highest BCUT2D eigenvalue weighted by atomic mass is 35.5. The van der Waals surface area contributed by atoms with Gasteiger partial charge in [0.2, 0.25) is 5.16 Å². The second-order valence-corrected chi connectivity index (χ2v) is 5.22. The van der Waals surface area contributed by atoms with E-state index in [0.29, 0.717) is 34.0 Å². The van der Waals surface area contributed by atoms with Gasteiger partial charge in [-0.1, -0.05) is 41.0 Å². The van der Waals surface area contributed by atoms with Crippen molar-refractivity contribution in [3.8, 4) is 0 Å². The Kier molecular flexibility index (Phi) is 4.82. The normalized spacial score (nSPS) is 10.8. The first-order valence-electron chi connectivity index (χ1n) is 5.24. The molecular weight excluding hydrogens is 293 g/mol. The van der Waals surface area contributed by atoms with Crippen LogP contribution in [0.25, 0.3) is 0 Å². The van der Waals surface area contributed by atoms with Gasteiger partial charge in [0.1, 0.15) is 0 Å². The smallest absolute Gasteiger partial charge is 0.209 e. The van der Waals surface area contributed by atoms with Gasteiger partial charge < -0.3 is 5.73 Å². The van der Waals surface area contributed by atoms with Crippen LogP contribution in [0.2, 0.25) is 10.0 Å². The molecule has 5 nitrogen and oxygen atoms in total. The molecule has 0 aliphatic rings. The molecule has 0 saturated heterocycles. The van der Waals surface area contributed by atoms with Gasteiger partial charge in [0.05, 0.1) is 6.54 Å². The molecule has 96 valence electrons. The number of rotatable bonds is 5. The average molecular weight is 304 g/mol. The molecule has 0 fully saturated rings. The summed E-state index contributed by atoms with van der Waals surface area (Å²) in [6.45, 7) is 1.08. The van der Waals surface area contributed by atoms with Crippen LogP contribution >= 0.6 is 35.0 Å². The van der Waals surface area contributed by atoms with E-state index in [0.717, 1.165) is 5.56 Å². The van der Waals surface area contributed by atoms with Gasteiger partial charge in [0.25, 0.3) is 0 Å². The highest BCUT2D eigenvalue weighted by Gasteiger charge is 2.10. The van der Waals surface area contributed by atoms with Crippen molar-refractivity contribution < 1.29 is 0 Å². The van der Waals surface area contributed by atoms with Gasteiger partial charge in [-0.2, -0.15) is 0 Å². The van der Waals surface area contributed by atoms with E-state index in [-0.39, 0.29) is 0 Å². The molecule has 2 rings (SSSR count). The molecule has 0 aliphatic heterocycles. The maximum atomic E-state index is 6.09. The maximum absolute atomic E-state index is 6.09. The Morgan fingerprint density at radius 2 is 2.00 bits per heavy atom. The first-order chi connectivity index (χ1) is 8.72. The van der Waals surface area contributed by atoms with Gasteiger partial charge in [-0.25, -0.2) is 4.68 Å². The van der Waals surface area contributed by atoms with Crippen LogP contribution in [0.1, 0.15) is 5.56 Å². The summed E-state index contributed by atoms with van der Waals surface area (Å²) in [6.07, 6.45) is 0. The van der Waals surface area contributed by atoms with Crippen LogP contribution in [0.3, 0.4) is 0 Å². The molecule has 0 atom stereocenters. The van der Waals surface area contributed by atoms with Gasteiger partial charge in [-0.15, -0.1) is 5.10 Å². The third-order valence-electron chi connectivity index (χ3n) is 2.25. The number of hydrogen-bond acceptors (Lipinski definition) is 5. The average Bonchev–Trinajstić information content (AvgIpc) is 2.77. The summed E-state index contributed by atoms with van der Waals surface area (Å²) >= 11 is 13.7. The van der Waals surface area contributed by atoms with Crippen LogP contribution in [-0.2, 0) is 12.3 Å². The Morgan fingerprint density at radius 1 is 1.28 bits per heavy atom. The molecule has 8 heteroatoms. The largest absolute Gasteiger partial charge is 0.329 e. The molecule has 0 spiro atoms. The second-order valence-electron chi connectivity index (χ2n) is 3.46. The summed E-state index contributed by atoms with van der Waals surface area (Å²) in [7, 11) is 0. The molecule has 0 aliphatic carbocycles. The van der Waals surface area contributed by atoms with Crippen LogP contribution in [0.4, 0.5) is 0 Å². The van der Waals surface area contributed by atoms with Crippen LogP contribution in [0.15, 0.2) is 23.4 Å². The highest BCUT2D eigenvalue weighted by molar-refractivity contribution is 7.98. The van der Waals surface area contributed by atoms with Crippen LogP contribution < -0.4 is 5.73 Å². The lowest BCUT2D eigenvalue weighted by Crippen LogP contribution is -2.12. The van der Waals surface area contributed by atoms with Gasteiger partial charge in [0, 0.05) is 22.3 Å². The second kappa shape index (κ2) is 6.38. The third-order valence-corrected chi connectivity index (χ3v) is 3.94. The Bertz CT molecular complexity index is 510. The van der Waals surface area contributed by atoms with E-state index >= 15 is 0 Å². The third kappa shape index (κ3) is 3.14. The zero-order chi connectivity index (χ0) is 13.0. The van der Waals surface area contributed by atoms with Crippen molar-refractivity contribution in [2.24, 2.45) is 5.73 Å². The number of aromatic nitrogens is 4. The van der Waals surface area contributed by atoms with Crippen molar-refractivity contribution in [1.29, 1.82) is 0 Å². The zero-order valence-corrected chi connectivity index (χ0v) is 11.7. The lowest BCUT2D eigenvalue weighted by atomic mass is 10.2. The predicted octanol–water partition coefficient (Wildman–Crippen LogP) is 2.23.